The first-order chi connectivity index (χ1) is 19.8. The van der Waals surface area contributed by atoms with Gasteiger partial charge in [0.2, 0.25) is 5.13 Å². The minimum absolute atomic E-state index is 0.0137. The molecule has 8 nitrogen and oxygen atoms in total. The second-order valence-corrected chi connectivity index (χ2v) is 11.8. The number of nitrogens with zero attached hydrogens (tertiary/aromatic N) is 3. The number of amides is 1. The van der Waals surface area contributed by atoms with Crippen molar-refractivity contribution in [2.24, 2.45) is 0 Å². The lowest BCUT2D eigenvalue weighted by atomic mass is 9.94. The molecular formula is C30H24FN3O5S2. The average molecular weight is 590 g/mol. The number of thioether (sulfide) groups is 1. The molecule has 4 aromatic rings. The number of fused-ring (bicyclic) bond motifs is 1. The van der Waals surface area contributed by atoms with Crippen LogP contribution in [0.4, 0.5) is 9.52 Å². The number of carbonyl (C=O) groups excluding carboxylic acids is 2. The van der Waals surface area contributed by atoms with Gasteiger partial charge in [-0.15, -0.1) is 10.2 Å². The predicted molar refractivity (Wildman–Crippen MR) is 154 cm³/mol. The van der Waals surface area contributed by atoms with E-state index in [0.29, 0.717) is 33.4 Å². The first-order valence-corrected chi connectivity index (χ1v) is 14.6. The Morgan fingerprint density at radius 2 is 1.88 bits per heavy atom. The van der Waals surface area contributed by atoms with E-state index in [1.165, 1.54) is 28.8 Å². The molecule has 6 rings (SSSR count). The van der Waals surface area contributed by atoms with Crippen LogP contribution in [0.2, 0.25) is 0 Å². The van der Waals surface area contributed by atoms with Gasteiger partial charge in [0, 0.05) is 17.7 Å². The third kappa shape index (κ3) is 5.18. The SMILES string of the molecule is COc1ccc([C@@H]2/C(=C(\O)c3ccc4c(c3)C[C@H](C)O4)C(=O)C(=O)N2c2nnc(SCc3ccc(F)cc3)s2)cc1. The normalized spacial score (nSPS) is 19.3. The summed E-state index contributed by atoms with van der Waals surface area (Å²) in [5, 5.41) is 20.2. The zero-order chi connectivity index (χ0) is 28.7. The number of aliphatic hydroxyl groups excluding tert-OH is 1. The van der Waals surface area contributed by atoms with E-state index in [0.717, 1.165) is 28.2 Å². The smallest absolute Gasteiger partial charge is 0.301 e. The fourth-order valence-corrected chi connectivity index (χ4v) is 6.76. The average Bonchev–Trinajstić information content (AvgIpc) is 3.67. The highest BCUT2D eigenvalue weighted by atomic mass is 32.2. The summed E-state index contributed by atoms with van der Waals surface area (Å²) < 4.78 is 24.9. The molecule has 1 N–H and O–H groups in total. The Labute approximate surface area is 243 Å². The van der Waals surface area contributed by atoms with Gasteiger partial charge >= 0.3 is 5.91 Å². The zero-order valence-electron chi connectivity index (χ0n) is 22.0. The number of ether oxygens (including phenoxy) is 2. The van der Waals surface area contributed by atoms with Crippen LogP contribution < -0.4 is 14.4 Å². The van der Waals surface area contributed by atoms with E-state index in [2.05, 4.69) is 10.2 Å². The summed E-state index contributed by atoms with van der Waals surface area (Å²) in [7, 11) is 1.55. The summed E-state index contributed by atoms with van der Waals surface area (Å²) in [6.07, 6.45) is 0.690. The number of aliphatic hydroxyl groups is 1. The van der Waals surface area contributed by atoms with Crippen molar-refractivity contribution >= 4 is 45.7 Å². The summed E-state index contributed by atoms with van der Waals surface area (Å²) in [4.78, 5) is 28.3. The molecule has 1 fully saturated rings. The number of methoxy groups -OCH3 is 1. The quantitative estimate of drug-likeness (QED) is 0.0931. The Morgan fingerprint density at radius 3 is 2.61 bits per heavy atom. The van der Waals surface area contributed by atoms with Gasteiger partial charge in [0.1, 0.15) is 29.2 Å². The molecule has 0 spiro atoms. The zero-order valence-corrected chi connectivity index (χ0v) is 23.7. The lowest BCUT2D eigenvalue weighted by molar-refractivity contribution is -0.132. The molecule has 2 aliphatic heterocycles. The van der Waals surface area contributed by atoms with Crippen molar-refractivity contribution in [2.75, 3.05) is 12.0 Å². The van der Waals surface area contributed by atoms with Crippen LogP contribution in [0.15, 0.2) is 76.6 Å². The van der Waals surface area contributed by atoms with Gasteiger partial charge in [0.15, 0.2) is 4.34 Å². The Bertz CT molecular complexity index is 1670. The van der Waals surface area contributed by atoms with Crippen LogP contribution in [0.1, 0.15) is 35.2 Å². The lowest BCUT2D eigenvalue weighted by Gasteiger charge is -2.22. The molecule has 0 unspecified atom stereocenters. The maximum atomic E-state index is 13.5. The van der Waals surface area contributed by atoms with Gasteiger partial charge in [0.25, 0.3) is 5.78 Å². The van der Waals surface area contributed by atoms with Crippen LogP contribution in [0.25, 0.3) is 5.76 Å². The maximum absolute atomic E-state index is 13.5. The van der Waals surface area contributed by atoms with Crippen molar-refractivity contribution in [1.29, 1.82) is 0 Å². The largest absolute Gasteiger partial charge is 0.507 e. The number of ketones is 1. The van der Waals surface area contributed by atoms with E-state index in [4.69, 9.17) is 9.47 Å². The highest BCUT2D eigenvalue weighted by Gasteiger charge is 2.48. The van der Waals surface area contributed by atoms with Crippen LogP contribution in [-0.2, 0) is 21.8 Å². The van der Waals surface area contributed by atoms with E-state index in [-0.39, 0.29) is 28.4 Å². The first-order valence-electron chi connectivity index (χ1n) is 12.8. The van der Waals surface area contributed by atoms with Gasteiger partial charge in [0.05, 0.1) is 18.7 Å². The van der Waals surface area contributed by atoms with E-state index < -0.39 is 17.7 Å². The molecule has 11 heteroatoms. The fourth-order valence-electron chi connectivity index (χ4n) is 4.94. The Kier molecular flexibility index (Phi) is 7.22. The number of carbonyl (C=O) groups is 2. The first kappa shape index (κ1) is 27.0. The van der Waals surface area contributed by atoms with Gasteiger partial charge in [-0.2, -0.15) is 0 Å². The summed E-state index contributed by atoms with van der Waals surface area (Å²) in [6, 6.07) is 17.4. The minimum atomic E-state index is -0.938. The Morgan fingerprint density at radius 1 is 1.12 bits per heavy atom. The monoisotopic (exact) mass is 589 g/mol. The van der Waals surface area contributed by atoms with Crippen LogP contribution in [0, 0.1) is 5.82 Å². The molecule has 0 saturated carbocycles. The molecule has 3 aromatic carbocycles. The topological polar surface area (TPSA) is 102 Å². The standard InChI is InChI=1S/C30H24FN3O5S2/c1-16-13-20-14-19(7-12-23(20)39-16)26(35)24-25(18-5-10-22(38-2)11-6-18)34(28(37)27(24)36)29-32-33-30(41-29)40-15-17-3-8-21(31)9-4-17/h3-12,14,16,25,35H,13,15H2,1-2H3/b26-24+/t16-,25+/m0/s1. The van der Waals surface area contributed by atoms with Gasteiger partial charge in [-0.1, -0.05) is 47.4 Å². The van der Waals surface area contributed by atoms with Gasteiger partial charge in [-0.25, -0.2) is 4.39 Å². The van der Waals surface area contributed by atoms with Crippen molar-refractivity contribution < 1.29 is 28.6 Å². The van der Waals surface area contributed by atoms with Gasteiger partial charge in [-0.3, -0.25) is 14.5 Å². The second kappa shape index (κ2) is 11.0. The van der Waals surface area contributed by atoms with Crippen LogP contribution in [0.3, 0.4) is 0 Å². The van der Waals surface area contributed by atoms with Crippen molar-refractivity contribution in [1.82, 2.24) is 10.2 Å². The molecule has 2 aliphatic rings. The van der Waals surface area contributed by atoms with E-state index >= 15 is 0 Å². The molecule has 0 aliphatic carbocycles. The molecular weight excluding hydrogens is 565 g/mol. The highest BCUT2D eigenvalue weighted by molar-refractivity contribution is 8.00. The lowest BCUT2D eigenvalue weighted by Crippen LogP contribution is -2.29. The summed E-state index contributed by atoms with van der Waals surface area (Å²) in [6.45, 7) is 1.96. The Balaban J connectivity index is 1.38. The summed E-state index contributed by atoms with van der Waals surface area (Å²) in [5.74, 6) is -0.343. The molecule has 0 bridgehead atoms. The van der Waals surface area contributed by atoms with Crippen LogP contribution in [0.5, 0.6) is 11.5 Å². The van der Waals surface area contributed by atoms with Gasteiger partial charge < -0.3 is 14.6 Å². The fraction of sp³-hybridized carbons (Fsp3) is 0.200. The Hall–Kier alpha value is -4.22. The predicted octanol–water partition coefficient (Wildman–Crippen LogP) is 5.93. The molecule has 3 heterocycles. The number of rotatable bonds is 7. The van der Waals surface area contributed by atoms with Crippen LogP contribution >= 0.6 is 23.1 Å². The number of hydrogen-bond acceptors (Lipinski definition) is 9. The molecule has 0 radical (unpaired) electrons. The molecule has 1 saturated heterocycles. The molecule has 41 heavy (non-hydrogen) atoms. The summed E-state index contributed by atoms with van der Waals surface area (Å²) in [5.41, 5.74) is 2.80. The number of hydrogen-bond donors (Lipinski definition) is 1. The van der Waals surface area contributed by atoms with Crippen LogP contribution in [-0.4, -0.2) is 40.2 Å². The minimum Gasteiger partial charge on any atom is -0.507 e. The molecule has 2 atom stereocenters. The molecule has 1 amide bonds. The van der Waals surface area contributed by atoms with Crippen molar-refractivity contribution in [3.05, 3.63) is 100 Å². The molecule has 1 aromatic heterocycles. The van der Waals surface area contributed by atoms with Crippen molar-refractivity contribution in [2.45, 2.75) is 35.6 Å². The second-order valence-electron chi connectivity index (χ2n) is 9.66. The third-order valence-electron chi connectivity index (χ3n) is 6.92. The number of halogens is 1. The number of anilines is 1. The van der Waals surface area contributed by atoms with Crippen molar-refractivity contribution in [3.63, 3.8) is 0 Å². The number of benzene rings is 3. The molecule has 208 valence electrons. The van der Waals surface area contributed by atoms with Crippen molar-refractivity contribution in [3.8, 4) is 11.5 Å². The highest BCUT2D eigenvalue weighted by Crippen LogP contribution is 2.45. The number of aromatic nitrogens is 2. The van der Waals surface area contributed by atoms with E-state index in [1.54, 1.807) is 61.7 Å². The van der Waals surface area contributed by atoms with E-state index in [1.807, 2.05) is 6.92 Å². The maximum Gasteiger partial charge on any atom is 0.301 e. The number of Topliss-reactive ketones (excluding diaryl/α,β-unsaturated/α-hetero) is 1. The third-order valence-corrected chi connectivity index (χ3v) is 9.05. The summed E-state index contributed by atoms with van der Waals surface area (Å²) >= 11 is 2.55. The van der Waals surface area contributed by atoms with E-state index in [9.17, 15) is 19.1 Å². The van der Waals surface area contributed by atoms with Gasteiger partial charge in [-0.05, 0) is 66.1 Å².